The maximum absolute atomic E-state index is 11.9. The number of nitrogens with zero attached hydrogens (tertiary/aromatic N) is 1. The Bertz CT molecular complexity index is 210. The number of ether oxygens (including phenoxy) is 1. The topological polar surface area (TPSA) is 21.6 Å². The molecule has 1 aliphatic rings. The lowest BCUT2D eigenvalue weighted by atomic mass is 10.2. The zero-order chi connectivity index (χ0) is 10.1. The van der Waals surface area contributed by atoms with Crippen LogP contribution >= 0.6 is 0 Å². The molecule has 13 heavy (non-hydrogen) atoms. The van der Waals surface area contributed by atoms with Crippen molar-refractivity contribution in [2.45, 2.75) is 32.5 Å². The normalized spacial score (nSPS) is 23.2. The fraction of sp³-hybridized carbons (Fsp3) is 0.875. The largest absolute Gasteiger partial charge is 0.475 e. The average Bonchev–Trinajstić information content (AvgIpc) is 2.31. The molecule has 0 saturated carbocycles. The molecule has 0 aromatic carbocycles. The van der Waals surface area contributed by atoms with E-state index in [9.17, 15) is 13.2 Å². The van der Waals surface area contributed by atoms with Gasteiger partial charge in [0.1, 0.15) is 6.10 Å². The van der Waals surface area contributed by atoms with Gasteiger partial charge in [-0.3, -0.25) is 4.99 Å². The number of hydrogen-bond donors (Lipinski definition) is 0. The second-order valence-electron chi connectivity index (χ2n) is 3.39. The van der Waals surface area contributed by atoms with Crippen molar-refractivity contribution in [1.82, 2.24) is 0 Å². The van der Waals surface area contributed by atoms with E-state index in [1.54, 1.807) is 0 Å². The number of rotatable bonds is 2. The smallest absolute Gasteiger partial charge is 0.392 e. The molecule has 0 spiro atoms. The summed E-state index contributed by atoms with van der Waals surface area (Å²) in [6.45, 7) is 3.82. The van der Waals surface area contributed by atoms with Gasteiger partial charge in [0.25, 0.3) is 0 Å². The molecule has 0 amide bonds. The average molecular weight is 195 g/mol. The van der Waals surface area contributed by atoms with Gasteiger partial charge >= 0.3 is 6.18 Å². The van der Waals surface area contributed by atoms with Crippen molar-refractivity contribution in [3.05, 3.63) is 0 Å². The molecule has 0 unspecified atom stereocenters. The first-order chi connectivity index (χ1) is 5.88. The molecule has 0 aromatic rings. The molecule has 5 heteroatoms. The van der Waals surface area contributed by atoms with E-state index in [4.69, 9.17) is 4.74 Å². The van der Waals surface area contributed by atoms with Gasteiger partial charge < -0.3 is 4.74 Å². The zero-order valence-corrected chi connectivity index (χ0v) is 7.56. The Balaban J connectivity index is 2.38. The highest BCUT2D eigenvalue weighted by Gasteiger charge is 2.35. The maximum Gasteiger partial charge on any atom is 0.392 e. The second-order valence-corrected chi connectivity index (χ2v) is 3.39. The summed E-state index contributed by atoms with van der Waals surface area (Å²) in [4.78, 5) is 3.90. The first-order valence-electron chi connectivity index (χ1n) is 4.16. The summed E-state index contributed by atoms with van der Waals surface area (Å²) in [5, 5.41) is 0. The molecule has 1 aliphatic heterocycles. The van der Waals surface area contributed by atoms with Gasteiger partial charge in [-0.25, -0.2) is 0 Å². The fourth-order valence-corrected chi connectivity index (χ4v) is 1.12. The minimum absolute atomic E-state index is 0.0678. The Morgan fingerprint density at radius 3 is 2.54 bits per heavy atom. The number of hydrogen-bond acceptors (Lipinski definition) is 2. The summed E-state index contributed by atoms with van der Waals surface area (Å²) >= 11 is 0. The van der Waals surface area contributed by atoms with E-state index in [0.717, 1.165) is 0 Å². The lowest BCUT2D eigenvalue weighted by Gasteiger charge is -2.14. The quantitative estimate of drug-likeness (QED) is 0.663. The van der Waals surface area contributed by atoms with E-state index in [0.29, 0.717) is 5.90 Å². The van der Waals surface area contributed by atoms with Gasteiger partial charge in [0, 0.05) is 5.92 Å². The number of alkyl halides is 3. The van der Waals surface area contributed by atoms with Gasteiger partial charge in [-0.2, -0.15) is 13.2 Å². The zero-order valence-electron chi connectivity index (χ0n) is 7.56. The summed E-state index contributed by atoms with van der Waals surface area (Å²) in [7, 11) is 0. The molecule has 2 nitrogen and oxygen atoms in total. The Morgan fingerprint density at radius 1 is 1.54 bits per heavy atom. The van der Waals surface area contributed by atoms with Gasteiger partial charge in [-0.1, -0.05) is 13.8 Å². The van der Waals surface area contributed by atoms with Crippen LogP contribution in [0.1, 0.15) is 20.3 Å². The third-order valence-electron chi connectivity index (χ3n) is 1.69. The fourth-order valence-electron chi connectivity index (χ4n) is 1.12. The van der Waals surface area contributed by atoms with E-state index in [1.807, 2.05) is 13.8 Å². The molecule has 1 atom stereocenters. The van der Waals surface area contributed by atoms with Crippen LogP contribution in [-0.4, -0.2) is 24.7 Å². The highest BCUT2D eigenvalue weighted by molar-refractivity contribution is 5.79. The molecule has 1 heterocycles. The minimum Gasteiger partial charge on any atom is -0.475 e. The predicted octanol–water partition coefficient (Wildman–Crippen LogP) is 2.39. The van der Waals surface area contributed by atoms with Crippen LogP contribution in [-0.2, 0) is 4.74 Å². The predicted molar refractivity (Wildman–Crippen MR) is 42.7 cm³/mol. The van der Waals surface area contributed by atoms with Crippen LogP contribution in [0.2, 0.25) is 0 Å². The van der Waals surface area contributed by atoms with E-state index in [1.165, 1.54) is 0 Å². The molecule has 0 radical (unpaired) electrons. The summed E-state index contributed by atoms with van der Waals surface area (Å²) < 4.78 is 40.7. The first-order valence-corrected chi connectivity index (χ1v) is 4.16. The summed E-state index contributed by atoms with van der Waals surface area (Å²) in [5.41, 5.74) is 0. The van der Waals surface area contributed by atoms with Gasteiger partial charge in [0.05, 0.1) is 13.0 Å². The Labute approximate surface area is 74.8 Å². The third kappa shape index (κ3) is 3.24. The SMILES string of the molecule is CC(C)C1=NC[C@H](CC(F)(F)F)O1. The molecular formula is C8H12F3NO. The number of aliphatic imine (C=N–C) groups is 1. The van der Waals surface area contributed by atoms with Crippen molar-refractivity contribution in [1.29, 1.82) is 0 Å². The molecule has 0 N–H and O–H groups in total. The number of halogens is 3. The Morgan fingerprint density at radius 2 is 2.15 bits per heavy atom. The lowest BCUT2D eigenvalue weighted by molar-refractivity contribution is -0.149. The molecule has 0 fully saturated rings. The molecule has 76 valence electrons. The Kier molecular flexibility index (Phi) is 2.83. The van der Waals surface area contributed by atoms with Crippen molar-refractivity contribution >= 4 is 5.90 Å². The van der Waals surface area contributed by atoms with Crippen molar-refractivity contribution in [3.8, 4) is 0 Å². The molecule has 0 aliphatic carbocycles. The van der Waals surface area contributed by atoms with Crippen molar-refractivity contribution < 1.29 is 17.9 Å². The van der Waals surface area contributed by atoms with Crippen LogP contribution in [0.5, 0.6) is 0 Å². The van der Waals surface area contributed by atoms with Crippen LogP contribution in [0.25, 0.3) is 0 Å². The van der Waals surface area contributed by atoms with Gasteiger partial charge in [0.2, 0.25) is 0 Å². The summed E-state index contributed by atoms with van der Waals surface area (Å²) in [6.07, 6.45) is -5.88. The lowest BCUT2D eigenvalue weighted by Crippen LogP contribution is -2.23. The van der Waals surface area contributed by atoms with Crippen molar-refractivity contribution in [2.75, 3.05) is 6.54 Å². The van der Waals surface area contributed by atoms with Crippen LogP contribution in [0.15, 0.2) is 4.99 Å². The highest BCUT2D eigenvalue weighted by Crippen LogP contribution is 2.25. The molecule has 0 bridgehead atoms. The highest BCUT2D eigenvalue weighted by atomic mass is 19.4. The molecule has 1 rings (SSSR count). The monoisotopic (exact) mass is 195 g/mol. The summed E-state index contributed by atoms with van der Waals surface area (Å²) in [6, 6.07) is 0. The molecular weight excluding hydrogens is 183 g/mol. The third-order valence-corrected chi connectivity index (χ3v) is 1.69. The van der Waals surface area contributed by atoms with Gasteiger partial charge in [-0.05, 0) is 0 Å². The van der Waals surface area contributed by atoms with Gasteiger partial charge in [-0.15, -0.1) is 0 Å². The van der Waals surface area contributed by atoms with Crippen molar-refractivity contribution in [3.63, 3.8) is 0 Å². The molecule has 0 saturated heterocycles. The van der Waals surface area contributed by atoms with E-state index >= 15 is 0 Å². The Hall–Kier alpha value is -0.740. The van der Waals surface area contributed by atoms with Crippen molar-refractivity contribution in [2.24, 2.45) is 10.9 Å². The van der Waals surface area contributed by atoms with E-state index in [-0.39, 0.29) is 12.5 Å². The van der Waals surface area contributed by atoms with Crippen LogP contribution < -0.4 is 0 Å². The van der Waals surface area contributed by atoms with E-state index in [2.05, 4.69) is 4.99 Å². The molecule has 0 aromatic heterocycles. The second kappa shape index (κ2) is 3.55. The first kappa shape index (κ1) is 10.3. The van der Waals surface area contributed by atoms with Crippen LogP contribution in [0, 0.1) is 5.92 Å². The minimum atomic E-state index is -4.16. The maximum atomic E-state index is 11.9. The standard InChI is InChI=1S/C8H12F3NO/c1-5(2)7-12-4-6(13-7)3-8(9,10)11/h5-6H,3-4H2,1-2H3/t6-/m0/s1. The van der Waals surface area contributed by atoms with Crippen LogP contribution in [0.4, 0.5) is 13.2 Å². The van der Waals surface area contributed by atoms with E-state index < -0.39 is 18.7 Å². The van der Waals surface area contributed by atoms with Crippen LogP contribution in [0.3, 0.4) is 0 Å². The van der Waals surface area contributed by atoms with Gasteiger partial charge in [0.15, 0.2) is 5.90 Å². The summed E-state index contributed by atoms with van der Waals surface area (Å²) in [5.74, 6) is 0.507.